The summed E-state index contributed by atoms with van der Waals surface area (Å²) in [7, 11) is 0. The molecule has 1 atom stereocenters. The maximum atomic E-state index is 13.1. The van der Waals surface area contributed by atoms with Gasteiger partial charge >= 0.3 is 0 Å². The molecule has 1 fully saturated rings. The van der Waals surface area contributed by atoms with Gasteiger partial charge in [0.2, 0.25) is 0 Å². The highest BCUT2D eigenvalue weighted by Gasteiger charge is 2.21. The largest absolute Gasteiger partial charge is 0.374 e. The van der Waals surface area contributed by atoms with Gasteiger partial charge in [0, 0.05) is 37.8 Å². The minimum Gasteiger partial charge on any atom is -0.374 e. The first kappa shape index (κ1) is 16.8. The van der Waals surface area contributed by atoms with E-state index in [-0.39, 0.29) is 11.7 Å². The fourth-order valence-electron chi connectivity index (χ4n) is 2.58. The van der Waals surface area contributed by atoms with Crippen molar-refractivity contribution < 1.29 is 18.3 Å². The van der Waals surface area contributed by atoms with Crippen molar-refractivity contribution in [3.05, 3.63) is 35.4 Å². The number of nitrogens with zero attached hydrogens (tertiary/aromatic N) is 1. The monoisotopic (exact) mass is 312 g/mol. The van der Waals surface area contributed by atoms with Crippen molar-refractivity contribution >= 4 is 5.91 Å². The van der Waals surface area contributed by atoms with Gasteiger partial charge in [0.1, 0.15) is 11.6 Å². The Morgan fingerprint density at radius 3 is 2.68 bits per heavy atom. The number of benzene rings is 1. The van der Waals surface area contributed by atoms with Crippen LogP contribution in [0.1, 0.15) is 24.2 Å². The smallest absolute Gasteiger partial charge is 0.251 e. The van der Waals surface area contributed by atoms with Gasteiger partial charge in [0.15, 0.2) is 0 Å². The van der Waals surface area contributed by atoms with Crippen LogP contribution in [0.2, 0.25) is 0 Å². The Morgan fingerprint density at radius 1 is 1.36 bits per heavy atom. The Balaban J connectivity index is 1.85. The second kappa shape index (κ2) is 7.65. The molecule has 0 spiro atoms. The molecule has 1 aromatic rings. The van der Waals surface area contributed by atoms with Crippen molar-refractivity contribution in [2.24, 2.45) is 5.92 Å². The second-order valence-electron chi connectivity index (χ2n) is 6.01. The van der Waals surface area contributed by atoms with Crippen LogP contribution in [0.15, 0.2) is 18.2 Å². The van der Waals surface area contributed by atoms with E-state index in [2.05, 4.69) is 24.1 Å². The normalized spacial score (nSPS) is 19.4. The Morgan fingerprint density at radius 2 is 2.05 bits per heavy atom. The Hall–Kier alpha value is -1.53. The minimum absolute atomic E-state index is 0.0210. The number of carbonyl (C=O) groups is 1. The number of hydrogen-bond acceptors (Lipinski definition) is 3. The standard InChI is InChI=1S/C16H22F2N2O2/c1-11(2)9-20-3-4-22-15(10-20)8-19-16(21)12-5-13(17)7-14(18)6-12/h5-7,11,15H,3-4,8-10H2,1-2H3,(H,19,21)/t15-/m0/s1. The van der Waals surface area contributed by atoms with Crippen LogP contribution in [0.3, 0.4) is 0 Å². The number of hydrogen-bond donors (Lipinski definition) is 1. The van der Waals surface area contributed by atoms with Crippen LogP contribution in [0, 0.1) is 17.6 Å². The fraction of sp³-hybridized carbons (Fsp3) is 0.562. The van der Waals surface area contributed by atoms with E-state index in [9.17, 15) is 13.6 Å². The molecule has 0 bridgehead atoms. The lowest BCUT2D eigenvalue weighted by Crippen LogP contribution is -2.48. The van der Waals surface area contributed by atoms with Gasteiger partial charge in [-0.3, -0.25) is 9.69 Å². The maximum Gasteiger partial charge on any atom is 0.251 e. The first-order valence-corrected chi connectivity index (χ1v) is 7.52. The number of nitrogens with one attached hydrogen (secondary N) is 1. The lowest BCUT2D eigenvalue weighted by molar-refractivity contribution is -0.0295. The quantitative estimate of drug-likeness (QED) is 0.905. The molecular weight excluding hydrogens is 290 g/mol. The Labute approximate surface area is 129 Å². The number of rotatable bonds is 5. The molecule has 0 aromatic heterocycles. The molecule has 0 saturated carbocycles. The van der Waals surface area contributed by atoms with Crippen molar-refractivity contribution in [2.45, 2.75) is 20.0 Å². The SMILES string of the molecule is CC(C)CN1CCO[C@@H](CNC(=O)c2cc(F)cc(F)c2)C1. The summed E-state index contributed by atoms with van der Waals surface area (Å²) < 4.78 is 31.8. The number of halogens is 2. The predicted octanol–water partition coefficient (Wildman–Crippen LogP) is 2.05. The first-order chi connectivity index (χ1) is 10.4. The second-order valence-corrected chi connectivity index (χ2v) is 6.01. The maximum absolute atomic E-state index is 13.1. The van der Waals surface area contributed by atoms with E-state index in [4.69, 9.17) is 4.74 Å². The van der Waals surface area contributed by atoms with Crippen molar-refractivity contribution in [3.8, 4) is 0 Å². The summed E-state index contributed by atoms with van der Waals surface area (Å²) in [6.07, 6.45) is -0.102. The topological polar surface area (TPSA) is 41.6 Å². The van der Waals surface area contributed by atoms with Crippen LogP contribution < -0.4 is 5.32 Å². The van der Waals surface area contributed by atoms with Gasteiger partial charge in [-0.25, -0.2) is 8.78 Å². The van der Waals surface area contributed by atoms with E-state index in [1.54, 1.807) is 0 Å². The zero-order valence-electron chi connectivity index (χ0n) is 12.9. The van der Waals surface area contributed by atoms with Gasteiger partial charge in [0.05, 0.1) is 12.7 Å². The summed E-state index contributed by atoms with van der Waals surface area (Å²) in [5.74, 6) is -1.45. The zero-order valence-corrected chi connectivity index (χ0v) is 12.9. The van der Waals surface area contributed by atoms with E-state index in [0.717, 1.165) is 37.8 Å². The molecule has 0 radical (unpaired) electrons. The fourth-order valence-corrected chi connectivity index (χ4v) is 2.58. The molecule has 1 heterocycles. The average molecular weight is 312 g/mol. The summed E-state index contributed by atoms with van der Waals surface area (Å²) in [6.45, 7) is 7.89. The molecule has 1 saturated heterocycles. The summed E-state index contributed by atoms with van der Waals surface area (Å²) in [5, 5.41) is 2.67. The molecule has 1 aliphatic rings. The molecule has 122 valence electrons. The van der Waals surface area contributed by atoms with E-state index in [1.807, 2.05) is 0 Å². The summed E-state index contributed by atoms with van der Waals surface area (Å²) in [6, 6.07) is 2.78. The van der Waals surface area contributed by atoms with Crippen molar-refractivity contribution in [2.75, 3.05) is 32.8 Å². The van der Waals surface area contributed by atoms with Crippen molar-refractivity contribution in [1.82, 2.24) is 10.2 Å². The van der Waals surface area contributed by atoms with Crippen molar-refractivity contribution in [3.63, 3.8) is 0 Å². The Kier molecular flexibility index (Phi) is 5.85. The first-order valence-electron chi connectivity index (χ1n) is 7.52. The highest BCUT2D eigenvalue weighted by Crippen LogP contribution is 2.10. The summed E-state index contributed by atoms with van der Waals surface area (Å²) >= 11 is 0. The lowest BCUT2D eigenvalue weighted by atomic mass is 10.1. The van der Waals surface area contributed by atoms with Crippen LogP contribution in [0.5, 0.6) is 0 Å². The highest BCUT2D eigenvalue weighted by atomic mass is 19.1. The molecule has 2 rings (SSSR count). The molecule has 1 N–H and O–H groups in total. The summed E-state index contributed by atoms with van der Waals surface area (Å²) in [4.78, 5) is 14.2. The molecule has 0 unspecified atom stereocenters. The van der Waals surface area contributed by atoms with Crippen LogP contribution in [0.4, 0.5) is 8.78 Å². The third-order valence-corrected chi connectivity index (χ3v) is 3.46. The van der Waals surface area contributed by atoms with Gasteiger partial charge in [-0.05, 0) is 18.1 Å². The minimum atomic E-state index is -0.762. The van der Waals surface area contributed by atoms with Gasteiger partial charge in [-0.1, -0.05) is 13.8 Å². The van der Waals surface area contributed by atoms with Gasteiger partial charge in [0.25, 0.3) is 5.91 Å². The highest BCUT2D eigenvalue weighted by molar-refractivity contribution is 5.94. The Bertz CT molecular complexity index is 503. The summed E-state index contributed by atoms with van der Waals surface area (Å²) in [5.41, 5.74) is -0.0210. The van der Waals surface area contributed by atoms with Crippen LogP contribution in [0.25, 0.3) is 0 Å². The third-order valence-electron chi connectivity index (χ3n) is 3.46. The molecule has 0 aliphatic carbocycles. The van der Waals surface area contributed by atoms with E-state index in [1.165, 1.54) is 0 Å². The molecule has 1 aliphatic heterocycles. The average Bonchev–Trinajstić information content (AvgIpc) is 2.43. The van der Waals surface area contributed by atoms with E-state index >= 15 is 0 Å². The van der Waals surface area contributed by atoms with Gasteiger partial charge in [-0.15, -0.1) is 0 Å². The zero-order chi connectivity index (χ0) is 16.1. The third kappa shape index (κ3) is 5.03. The van der Waals surface area contributed by atoms with E-state index in [0.29, 0.717) is 19.1 Å². The van der Waals surface area contributed by atoms with Crippen LogP contribution in [-0.4, -0.2) is 49.7 Å². The molecule has 22 heavy (non-hydrogen) atoms. The van der Waals surface area contributed by atoms with E-state index < -0.39 is 17.5 Å². The molecule has 4 nitrogen and oxygen atoms in total. The number of amides is 1. The van der Waals surface area contributed by atoms with Crippen molar-refractivity contribution in [1.29, 1.82) is 0 Å². The van der Waals surface area contributed by atoms with Gasteiger partial charge in [-0.2, -0.15) is 0 Å². The lowest BCUT2D eigenvalue weighted by Gasteiger charge is -2.33. The molecule has 1 amide bonds. The number of carbonyl (C=O) groups excluding carboxylic acids is 1. The number of morpholine rings is 1. The molecular formula is C16H22F2N2O2. The molecule has 6 heteroatoms. The number of ether oxygens (including phenoxy) is 1. The molecule has 1 aromatic carbocycles. The predicted molar refractivity (Wildman–Crippen MR) is 79.7 cm³/mol. The van der Waals surface area contributed by atoms with Crippen LogP contribution in [-0.2, 0) is 4.74 Å². The van der Waals surface area contributed by atoms with Crippen LogP contribution >= 0.6 is 0 Å². The van der Waals surface area contributed by atoms with Gasteiger partial charge < -0.3 is 10.1 Å².